The number of benzene rings is 1. The van der Waals surface area contributed by atoms with E-state index < -0.39 is 6.43 Å². The lowest BCUT2D eigenvalue weighted by atomic mass is 9.81. The van der Waals surface area contributed by atoms with Gasteiger partial charge in [-0.3, -0.25) is 4.79 Å². The molecule has 0 spiro atoms. The quantitative estimate of drug-likeness (QED) is 0.865. The summed E-state index contributed by atoms with van der Waals surface area (Å²) < 4.78 is 31.4. The van der Waals surface area contributed by atoms with Crippen molar-refractivity contribution in [3.05, 3.63) is 35.4 Å². The van der Waals surface area contributed by atoms with Crippen molar-refractivity contribution in [3.63, 3.8) is 0 Å². The van der Waals surface area contributed by atoms with Crippen LogP contribution in [0.25, 0.3) is 0 Å². The van der Waals surface area contributed by atoms with Crippen LogP contribution in [0.4, 0.5) is 8.78 Å². The molecule has 1 N–H and O–H groups in total. The van der Waals surface area contributed by atoms with Gasteiger partial charge in [0.25, 0.3) is 6.43 Å². The molecule has 2 aliphatic rings. The molecule has 1 aromatic rings. The Labute approximate surface area is 116 Å². The lowest BCUT2D eigenvalue weighted by Gasteiger charge is -2.39. The van der Waals surface area contributed by atoms with Crippen LogP contribution >= 0.6 is 0 Å². The van der Waals surface area contributed by atoms with Gasteiger partial charge in [0.15, 0.2) is 5.78 Å². The van der Waals surface area contributed by atoms with Gasteiger partial charge in [0.2, 0.25) is 0 Å². The van der Waals surface area contributed by atoms with E-state index in [0.717, 1.165) is 0 Å². The summed E-state index contributed by atoms with van der Waals surface area (Å²) in [5.74, 6) is -0.339. The van der Waals surface area contributed by atoms with Crippen LogP contribution in [0.1, 0.15) is 35.2 Å². The van der Waals surface area contributed by atoms with Crippen molar-refractivity contribution in [2.45, 2.75) is 31.4 Å². The smallest absolute Gasteiger partial charge is 0.264 e. The number of ether oxygens (including phenoxy) is 1. The fourth-order valence-corrected chi connectivity index (χ4v) is 3.18. The van der Waals surface area contributed by atoms with Crippen molar-refractivity contribution < 1.29 is 18.3 Å². The Morgan fingerprint density at radius 3 is 2.50 bits per heavy atom. The molecule has 2 heterocycles. The van der Waals surface area contributed by atoms with Gasteiger partial charge < -0.3 is 10.1 Å². The SMILES string of the molecule is O=C(c1ccccc1C(F)F)C1CC2COCC(C1)N2. The maximum atomic E-state index is 13.0. The van der Waals surface area contributed by atoms with E-state index in [1.807, 2.05) is 0 Å². The number of ketones is 1. The number of nitrogens with one attached hydrogen (secondary N) is 1. The molecule has 0 radical (unpaired) electrons. The number of carbonyl (C=O) groups is 1. The van der Waals surface area contributed by atoms with Crippen LogP contribution in [0.2, 0.25) is 0 Å². The third-order valence-corrected chi connectivity index (χ3v) is 4.08. The molecule has 2 fully saturated rings. The highest BCUT2D eigenvalue weighted by Gasteiger charge is 2.36. The van der Waals surface area contributed by atoms with E-state index in [1.165, 1.54) is 12.1 Å². The van der Waals surface area contributed by atoms with Crippen molar-refractivity contribution in [2.24, 2.45) is 5.92 Å². The summed E-state index contributed by atoms with van der Waals surface area (Å²) in [6.07, 6.45) is -1.29. The minimum Gasteiger partial charge on any atom is -0.378 e. The second-order valence-corrected chi connectivity index (χ2v) is 5.52. The molecule has 0 amide bonds. The van der Waals surface area contributed by atoms with Crippen LogP contribution in [0, 0.1) is 5.92 Å². The summed E-state index contributed by atoms with van der Waals surface area (Å²) in [5.41, 5.74) is 0.0193. The molecule has 0 aliphatic carbocycles. The molecule has 0 saturated carbocycles. The first-order valence-corrected chi connectivity index (χ1v) is 6.90. The number of hydrogen-bond acceptors (Lipinski definition) is 3. The highest BCUT2D eigenvalue weighted by Crippen LogP contribution is 2.30. The summed E-state index contributed by atoms with van der Waals surface area (Å²) >= 11 is 0. The zero-order valence-electron chi connectivity index (χ0n) is 11.0. The van der Waals surface area contributed by atoms with Gasteiger partial charge in [-0.25, -0.2) is 8.78 Å². The number of fused-ring (bicyclic) bond motifs is 2. The Morgan fingerprint density at radius 2 is 1.85 bits per heavy atom. The molecule has 2 unspecified atom stereocenters. The largest absolute Gasteiger partial charge is 0.378 e. The standard InChI is InChI=1S/C15H17F2NO2/c16-15(17)13-4-2-1-3-12(13)14(19)9-5-10-7-20-8-11(6-9)18-10/h1-4,9-11,15,18H,5-8H2. The van der Waals surface area contributed by atoms with Crippen molar-refractivity contribution in [2.75, 3.05) is 13.2 Å². The van der Waals surface area contributed by atoms with Crippen LogP contribution in [-0.4, -0.2) is 31.1 Å². The number of halogens is 2. The molecule has 3 nitrogen and oxygen atoms in total. The van der Waals surface area contributed by atoms with Crippen molar-refractivity contribution in [1.82, 2.24) is 5.32 Å². The lowest BCUT2D eigenvalue weighted by molar-refractivity contribution is 0.00942. The number of carbonyl (C=O) groups excluding carboxylic acids is 1. The molecule has 108 valence electrons. The van der Waals surface area contributed by atoms with E-state index in [1.54, 1.807) is 12.1 Å². The van der Waals surface area contributed by atoms with Crippen LogP contribution in [-0.2, 0) is 4.74 Å². The van der Waals surface area contributed by atoms with E-state index >= 15 is 0 Å². The average Bonchev–Trinajstić information content (AvgIpc) is 2.46. The van der Waals surface area contributed by atoms with Crippen LogP contribution in [0.15, 0.2) is 24.3 Å². The number of morpholine rings is 1. The average molecular weight is 281 g/mol. The molecule has 2 aliphatic heterocycles. The van der Waals surface area contributed by atoms with E-state index in [0.29, 0.717) is 26.1 Å². The van der Waals surface area contributed by atoms with E-state index in [2.05, 4.69) is 5.32 Å². The van der Waals surface area contributed by atoms with Crippen LogP contribution in [0.3, 0.4) is 0 Å². The van der Waals surface area contributed by atoms with Crippen LogP contribution < -0.4 is 5.32 Å². The molecular weight excluding hydrogens is 264 g/mol. The molecule has 2 saturated heterocycles. The Kier molecular flexibility index (Phi) is 3.81. The van der Waals surface area contributed by atoms with Crippen molar-refractivity contribution in [3.8, 4) is 0 Å². The van der Waals surface area contributed by atoms with Crippen molar-refractivity contribution in [1.29, 1.82) is 0 Å². The minimum absolute atomic E-state index is 0.153. The lowest BCUT2D eigenvalue weighted by Crippen LogP contribution is -2.55. The van der Waals surface area contributed by atoms with Gasteiger partial charge in [0.1, 0.15) is 0 Å². The number of hydrogen-bond donors (Lipinski definition) is 1. The van der Waals surface area contributed by atoms with Gasteiger partial charge in [-0.15, -0.1) is 0 Å². The second kappa shape index (κ2) is 5.58. The topological polar surface area (TPSA) is 38.3 Å². The van der Waals surface area contributed by atoms with Gasteiger partial charge in [0, 0.05) is 29.1 Å². The fourth-order valence-electron chi connectivity index (χ4n) is 3.18. The first-order chi connectivity index (χ1) is 9.65. The maximum Gasteiger partial charge on any atom is 0.264 e. The van der Waals surface area contributed by atoms with E-state index in [9.17, 15) is 13.6 Å². The molecule has 0 aromatic heterocycles. The third kappa shape index (κ3) is 2.60. The zero-order valence-corrected chi connectivity index (χ0v) is 11.0. The Hall–Kier alpha value is -1.33. The highest BCUT2D eigenvalue weighted by atomic mass is 19.3. The van der Waals surface area contributed by atoms with E-state index in [-0.39, 0.29) is 34.9 Å². The summed E-state index contributed by atoms with van der Waals surface area (Å²) in [4.78, 5) is 12.6. The predicted molar refractivity (Wildman–Crippen MR) is 70.0 cm³/mol. The summed E-state index contributed by atoms with van der Waals surface area (Å²) in [7, 11) is 0. The zero-order chi connectivity index (χ0) is 14.1. The van der Waals surface area contributed by atoms with E-state index in [4.69, 9.17) is 4.74 Å². The number of rotatable bonds is 3. The van der Waals surface area contributed by atoms with Gasteiger partial charge in [-0.05, 0) is 12.8 Å². The maximum absolute atomic E-state index is 13.0. The summed E-state index contributed by atoms with van der Waals surface area (Å²) in [6.45, 7) is 1.19. The van der Waals surface area contributed by atoms with Gasteiger partial charge in [-0.2, -0.15) is 0 Å². The molecule has 5 heteroatoms. The number of piperidine rings is 1. The fraction of sp³-hybridized carbons (Fsp3) is 0.533. The molecule has 2 bridgehead atoms. The Bertz CT molecular complexity index is 494. The van der Waals surface area contributed by atoms with Gasteiger partial charge >= 0.3 is 0 Å². The summed E-state index contributed by atoms with van der Waals surface area (Å²) in [6, 6.07) is 6.36. The normalized spacial score (nSPS) is 29.4. The van der Waals surface area contributed by atoms with Crippen LogP contribution in [0.5, 0.6) is 0 Å². The number of Topliss-reactive ketones (excluding diaryl/α,β-unsaturated/α-hetero) is 1. The van der Waals surface area contributed by atoms with Gasteiger partial charge in [0.05, 0.1) is 13.2 Å². The third-order valence-electron chi connectivity index (χ3n) is 4.08. The first-order valence-electron chi connectivity index (χ1n) is 6.90. The molecule has 1 aromatic carbocycles. The number of alkyl halides is 2. The minimum atomic E-state index is -2.61. The Balaban J connectivity index is 1.82. The Morgan fingerprint density at radius 1 is 1.20 bits per heavy atom. The molecule has 2 atom stereocenters. The molecule has 20 heavy (non-hydrogen) atoms. The van der Waals surface area contributed by atoms with Crippen molar-refractivity contribution >= 4 is 5.78 Å². The van der Waals surface area contributed by atoms with Gasteiger partial charge in [-0.1, -0.05) is 24.3 Å². The monoisotopic (exact) mass is 281 g/mol. The molecule has 3 rings (SSSR count). The second-order valence-electron chi connectivity index (χ2n) is 5.52. The molecular formula is C15H17F2NO2. The first kappa shape index (κ1) is 13.6. The predicted octanol–water partition coefficient (Wildman–Crippen LogP) is 2.57. The summed E-state index contributed by atoms with van der Waals surface area (Å²) in [5, 5.41) is 3.40. The highest BCUT2D eigenvalue weighted by molar-refractivity contribution is 5.99.